The number of para-hydroxylation sites is 1. The first-order valence-electron chi connectivity index (χ1n) is 7.32. The van der Waals surface area contributed by atoms with Crippen LogP contribution < -0.4 is 11.1 Å². The minimum Gasteiger partial charge on any atom is -0.397 e. The molecule has 1 aliphatic rings. The average molecular weight is 246 g/mol. The largest absolute Gasteiger partial charge is 0.397 e. The van der Waals surface area contributed by atoms with Gasteiger partial charge in [-0.2, -0.15) is 0 Å². The number of nitrogens with two attached hydrogens (primary N) is 1. The average Bonchev–Trinajstić information content (AvgIpc) is 2.36. The fourth-order valence-corrected chi connectivity index (χ4v) is 3.10. The molecule has 1 fully saturated rings. The maximum atomic E-state index is 6.05. The molecule has 0 unspecified atom stereocenters. The normalized spacial score (nSPS) is 23.9. The van der Waals surface area contributed by atoms with Crippen molar-refractivity contribution in [3.8, 4) is 0 Å². The summed E-state index contributed by atoms with van der Waals surface area (Å²) in [7, 11) is 0. The van der Waals surface area contributed by atoms with E-state index in [1.165, 1.54) is 44.1 Å². The van der Waals surface area contributed by atoms with Crippen molar-refractivity contribution in [3.63, 3.8) is 0 Å². The van der Waals surface area contributed by atoms with Gasteiger partial charge in [0.2, 0.25) is 0 Å². The Kier molecular flexibility index (Phi) is 4.51. The first-order valence-corrected chi connectivity index (χ1v) is 7.32. The molecule has 0 bridgehead atoms. The predicted octanol–water partition coefficient (Wildman–Crippen LogP) is 4.35. The zero-order valence-electron chi connectivity index (χ0n) is 11.7. The van der Waals surface area contributed by atoms with Gasteiger partial charge in [-0.05, 0) is 50.2 Å². The van der Waals surface area contributed by atoms with Crippen molar-refractivity contribution in [2.24, 2.45) is 5.92 Å². The number of hydrogen-bond donors (Lipinski definition) is 2. The van der Waals surface area contributed by atoms with Gasteiger partial charge >= 0.3 is 0 Å². The second kappa shape index (κ2) is 6.12. The van der Waals surface area contributed by atoms with Crippen LogP contribution in [-0.4, -0.2) is 6.04 Å². The van der Waals surface area contributed by atoms with E-state index >= 15 is 0 Å². The molecule has 0 amide bonds. The van der Waals surface area contributed by atoms with Crippen molar-refractivity contribution in [2.75, 3.05) is 11.1 Å². The molecule has 0 spiro atoms. The van der Waals surface area contributed by atoms with Gasteiger partial charge in [-0.25, -0.2) is 0 Å². The molecule has 1 aliphatic carbocycles. The molecule has 0 atom stereocenters. The summed E-state index contributed by atoms with van der Waals surface area (Å²) in [6.45, 7) is 4.42. The quantitative estimate of drug-likeness (QED) is 0.775. The Balaban J connectivity index is 1.92. The van der Waals surface area contributed by atoms with Crippen LogP contribution in [0.3, 0.4) is 0 Å². The lowest BCUT2D eigenvalue weighted by atomic mass is 9.83. The number of nitrogen functional groups attached to an aromatic ring is 1. The Morgan fingerprint density at radius 1 is 1.22 bits per heavy atom. The van der Waals surface area contributed by atoms with Crippen molar-refractivity contribution >= 4 is 11.4 Å². The first kappa shape index (κ1) is 13.3. The van der Waals surface area contributed by atoms with Gasteiger partial charge < -0.3 is 11.1 Å². The Bertz CT molecular complexity index is 358. The standard InChI is InChI=1S/C16H26N2/c1-3-5-13-8-10-14(11-9-13)18-16-12(2)6-4-7-15(16)17/h4,6-7,13-14,18H,3,5,8-11,17H2,1-2H3. The molecule has 2 rings (SSSR count). The third-order valence-electron chi connectivity index (χ3n) is 4.20. The van der Waals surface area contributed by atoms with Gasteiger partial charge in [0.05, 0.1) is 11.4 Å². The van der Waals surface area contributed by atoms with E-state index in [1.54, 1.807) is 0 Å². The second-order valence-corrected chi connectivity index (χ2v) is 5.69. The number of hydrogen-bond acceptors (Lipinski definition) is 2. The molecular weight excluding hydrogens is 220 g/mol. The topological polar surface area (TPSA) is 38.0 Å². The lowest BCUT2D eigenvalue weighted by Crippen LogP contribution is -2.26. The maximum absolute atomic E-state index is 6.05. The Hall–Kier alpha value is -1.18. The number of aryl methyl sites for hydroxylation is 1. The van der Waals surface area contributed by atoms with Crippen LogP contribution in [0.15, 0.2) is 18.2 Å². The SMILES string of the molecule is CCCC1CCC(Nc2c(C)cccc2N)CC1. The van der Waals surface area contributed by atoms with Crippen LogP contribution in [-0.2, 0) is 0 Å². The van der Waals surface area contributed by atoms with E-state index in [1.807, 2.05) is 12.1 Å². The minimum atomic E-state index is 0.613. The Labute approximate surface area is 111 Å². The van der Waals surface area contributed by atoms with Crippen molar-refractivity contribution in [1.29, 1.82) is 0 Å². The summed E-state index contributed by atoms with van der Waals surface area (Å²) >= 11 is 0. The van der Waals surface area contributed by atoms with E-state index in [4.69, 9.17) is 5.73 Å². The Morgan fingerprint density at radius 2 is 1.94 bits per heavy atom. The monoisotopic (exact) mass is 246 g/mol. The van der Waals surface area contributed by atoms with Crippen LogP contribution >= 0.6 is 0 Å². The lowest BCUT2D eigenvalue weighted by Gasteiger charge is -2.30. The molecular formula is C16H26N2. The summed E-state index contributed by atoms with van der Waals surface area (Å²) in [6, 6.07) is 6.74. The minimum absolute atomic E-state index is 0.613. The zero-order chi connectivity index (χ0) is 13.0. The van der Waals surface area contributed by atoms with Crippen molar-refractivity contribution in [1.82, 2.24) is 0 Å². The molecule has 100 valence electrons. The Morgan fingerprint density at radius 3 is 2.56 bits per heavy atom. The van der Waals surface area contributed by atoms with Gasteiger partial charge in [0.25, 0.3) is 0 Å². The van der Waals surface area contributed by atoms with Gasteiger partial charge in [-0.1, -0.05) is 31.9 Å². The number of benzene rings is 1. The van der Waals surface area contributed by atoms with E-state index in [2.05, 4.69) is 25.2 Å². The van der Waals surface area contributed by atoms with Gasteiger partial charge in [0.1, 0.15) is 0 Å². The van der Waals surface area contributed by atoms with Gasteiger partial charge in [0.15, 0.2) is 0 Å². The van der Waals surface area contributed by atoms with Crippen LogP contribution in [0.1, 0.15) is 51.0 Å². The molecule has 0 aromatic heterocycles. The van der Waals surface area contributed by atoms with Crippen molar-refractivity contribution < 1.29 is 0 Å². The lowest BCUT2D eigenvalue weighted by molar-refractivity contribution is 0.319. The third kappa shape index (κ3) is 3.18. The molecule has 18 heavy (non-hydrogen) atoms. The van der Waals surface area contributed by atoms with Gasteiger partial charge in [0, 0.05) is 6.04 Å². The highest BCUT2D eigenvalue weighted by Crippen LogP contribution is 2.31. The highest BCUT2D eigenvalue weighted by molar-refractivity contribution is 5.70. The molecule has 2 heteroatoms. The molecule has 1 aromatic rings. The number of nitrogens with one attached hydrogen (secondary N) is 1. The number of anilines is 2. The van der Waals surface area contributed by atoms with E-state index in [0.29, 0.717) is 6.04 Å². The van der Waals surface area contributed by atoms with Crippen LogP contribution in [0.2, 0.25) is 0 Å². The molecule has 1 saturated carbocycles. The van der Waals surface area contributed by atoms with Crippen LogP contribution in [0.25, 0.3) is 0 Å². The van der Waals surface area contributed by atoms with E-state index in [0.717, 1.165) is 17.3 Å². The molecule has 0 heterocycles. The van der Waals surface area contributed by atoms with Crippen molar-refractivity contribution in [2.45, 2.75) is 58.4 Å². The number of rotatable bonds is 4. The summed E-state index contributed by atoms with van der Waals surface area (Å²) in [6.07, 6.45) is 8.05. The first-order chi connectivity index (χ1) is 8.70. The van der Waals surface area contributed by atoms with Crippen LogP contribution in [0, 0.1) is 12.8 Å². The van der Waals surface area contributed by atoms with Gasteiger partial charge in [-0.15, -0.1) is 0 Å². The van der Waals surface area contributed by atoms with E-state index in [9.17, 15) is 0 Å². The fraction of sp³-hybridized carbons (Fsp3) is 0.625. The van der Waals surface area contributed by atoms with Crippen LogP contribution in [0.5, 0.6) is 0 Å². The summed E-state index contributed by atoms with van der Waals surface area (Å²) < 4.78 is 0. The molecule has 0 saturated heterocycles. The maximum Gasteiger partial charge on any atom is 0.0605 e. The molecule has 2 nitrogen and oxygen atoms in total. The van der Waals surface area contributed by atoms with Crippen LogP contribution in [0.4, 0.5) is 11.4 Å². The van der Waals surface area contributed by atoms with E-state index in [-0.39, 0.29) is 0 Å². The summed E-state index contributed by atoms with van der Waals surface area (Å²) in [5.41, 5.74) is 9.34. The smallest absolute Gasteiger partial charge is 0.0605 e. The zero-order valence-corrected chi connectivity index (χ0v) is 11.7. The molecule has 0 aliphatic heterocycles. The van der Waals surface area contributed by atoms with E-state index < -0.39 is 0 Å². The molecule has 0 radical (unpaired) electrons. The third-order valence-corrected chi connectivity index (χ3v) is 4.20. The molecule has 1 aromatic carbocycles. The van der Waals surface area contributed by atoms with Gasteiger partial charge in [-0.3, -0.25) is 0 Å². The highest BCUT2D eigenvalue weighted by atomic mass is 14.9. The molecule has 3 N–H and O–H groups in total. The summed E-state index contributed by atoms with van der Waals surface area (Å²) in [4.78, 5) is 0. The summed E-state index contributed by atoms with van der Waals surface area (Å²) in [5, 5.41) is 3.66. The second-order valence-electron chi connectivity index (χ2n) is 5.69. The summed E-state index contributed by atoms with van der Waals surface area (Å²) in [5.74, 6) is 0.960. The predicted molar refractivity (Wildman–Crippen MR) is 79.9 cm³/mol. The fourth-order valence-electron chi connectivity index (χ4n) is 3.10. The van der Waals surface area contributed by atoms with Crippen molar-refractivity contribution in [3.05, 3.63) is 23.8 Å². The highest BCUT2D eigenvalue weighted by Gasteiger charge is 2.21.